The van der Waals surface area contributed by atoms with E-state index in [0.29, 0.717) is 13.0 Å². The second-order valence-electron chi connectivity index (χ2n) is 7.51. The molecule has 3 heterocycles. The van der Waals surface area contributed by atoms with Gasteiger partial charge >= 0.3 is 5.97 Å². The molecule has 25 heavy (non-hydrogen) atoms. The van der Waals surface area contributed by atoms with Crippen LogP contribution in [0.2, 0.25) is 0 Å². The molecule has 1 aromatic heterocycles. The number of carboxylic acids is 1. The fraction of sp³-hybridized carbons (Fsp3) is 0.722. The van der Waals surface area contributed by atoms with Gasteiger partial charge in [0.15, 0.2) is 0 Å². The van der Waals surface area contributed by atoms with Gasteiger partial charge in [-0.3, -0.25) is 14.5 Å². The molecule has 0 aromatic carbocycles. The fourth-order valence-electron chi connectivity index (χ4n) is 4.33. The summed E-state index contributed by atoms with van der Waals surface area (Å²) in [5.74, 6) is 0.298. The first kappa shape index (κ1) is 17.9. The zero-order valence-corrected chi connectivity index (χ0v) is 15.1. The van der Waals surface area contributed by atoms with Gasteiger partial charge in [0, 0.05) is 45.5 Å². The molecule has 2 aliphatic heterocycles. The average molecular weight is 348 g/mol. The van der Waals surface area contributed by atoms with Crippen LogP contribution in [0.25, 0.3) is 0 Å². The number of hydrogen-bond donors (Lipinski definition) is 1. The van der Waals surface area contributed by atoms with Crippen molar-refractivity contribution in [3.05, 3.63) is 18.2 Å². The number of nitrogens with zero attached hydrogens (tertiary/aromatic N) is 4. The molecule has 0 radical (unpaired) electrons. The average Bonchev–Trinajstić information content (AvgIpc) is 3.14. The maximum atomic E-state index is 11.8. The van der Waals surface area contributed by atoms with Gasteiger partial charge in [0.25, 0.3) is 0 Å². The number of carbonyl (C=O) groups is 2. The lowest BCUT2D eigenvalue weighted by Crippen LogP contribution is -2.43. The minimum Gasteiger partial charge on any atom is -0.480 e. The third-order valence-corrected chi connectivity index (χ3v) is 5.77. The molecule has 1 aromatic rings. The molecule has 1 amide bonds. The standard InChI is InChI=1S/C18H28N4O3/c1-3-7-21-10-6-19-16(21)12-22-13-18(11-15(22)17(24)25)4-8-20(9-5-18)14(2)23/h6,10,15H,3-5,7-9,11-13H2,1-2H3,(H,24,25). The monoisotopic (exact) mass is 348 g/mol. The molecule has 7 nitrogen and oxygen atoms in total. The molecule has 0 bridgehead atoms. The van der Waals surface area contributed by atoms with Gasteiger partial charge in [-0.2, -0.15) is 0 Å². The second-order valence-corrected chi connectivity index (χ2v) is 7.51. The number of aromatic nitrogens is 2. The molecule has 7 heteroatoms. The number of aliphatic carboxylic acids is 1. The molecule has 2 aliphatic rings. The molecule has 3 rings (SSSR count). The lowest BCUT2D eigenvalue weighted by molar-refractivity contribution is -0.142. The van der Waals surface area contributed by atoms with Crippen molar-refractivity contribution in [1.29, 1.82) is 0 Å². The van der Waals surface area contributed by atoms with E-state index < -0.39 is 12.0 Å². The Morgan fingerprint density at radius 2 is 2.08 bits per heavy atom. The van der Waals surface area contributed by atoms with E-state index in [-0.39, 0.29) is 11.3 Å². The molecule has 1 N–H and O–H groups in total. The number of amides is 1. The van der Waals surface area contributed by atoms with Gasteiger partial charge in [0.1, 0.15) is 11.9 Å². The number of hydrogen-bond acceptors (Lipinski definition) is 4. The van der Waals surface area contributed by atoms with Crippen molar-refractivity contribution in [2.75, 3.05) is 19.6 Å². The molecular formula is C18H28N4O3. The van der Waals surface area contributed by atoms with Crippen molar-refractivity contribution in [3.8, 4) is 0 Å². The molecule has 2 fully saturated rings. The summed E-state index contributed by atoms with van der Waals surface area (Å²) in [5.41, 5.74) is 0.0111. The van der Waals surface area contributed by atoms with Crippen LogP contribution in [0.4, 0.5) is 0 Å². The highest BCUT2D eigenvalue weighted by atomic mass is 16.4. The van der Waals surface area contributed by atoms with E-state index in [1.54, 1.807) is 13.1 Å². The molecule has 1 spiro atoms. The quantitative estimate of drug-likeness (QED) is 0.874. The van der Waals surface area contributed by atoms with Crippen molar-refractivity contribution in [3.63, 3.8) is 0 Å². The summed E-state index contributed by atoms with van der Waals surface area (Å²) in [6.07, 6.45) is 7.22. The zero-order valence-electron chi connectivity index (χ0n) is 15.1. The number of rotatable bonds is 5. The minimum absolute atomic E-state index is 0.0111. The number of likely N-dealkylation sites (tertiary alicyclic amines) is 2. The Hall–Kier alpha value is -1.89. The number of aryl methyl sites for hydroxylation is 1. The van der Waals surface area contributed by atoms with Gasteiger partial charge in [-0.1, -0.05) is 6.92 Å². The van der Waals surface area contributed by atoms with Gasteiger partial charge in [0.05, 0.1) is 6.54 Å². The Bertz CT molecular complexity index is 634. The largest absolute Gasteiger partial charge is 0.480 e. The molecule has 0 saturated carbocycles. The molecule has 0 aliphatic carbocycles. The van der Waals surface area contributed by atoms with Crippen molar-refractivity contribution in [2.45, 2.75) is 58.7 Å². The van der Waals surface area contributed by atoms with E-state index in [9.17, 15) is 14.7 Å². The van der Waals surface area contributed by atoms with Gasteiger partial charge < -0.3 is 14.6 Å². The Kier molecular flexibility index (Phi) is 5.13. The molecule has 2 saturated heterocycles. The van der Waals surface area contributed by atoms with E-state index in [2.05, 4.69) is 21.4 Å². The van der Waals surface area contributed by atoms with Crippen LogP contribution in [0.5, 0.6) is 0 Å². The van der Waals surface area contributed by atoms with E-state index >= 15 is 0 Å². The van der Waals surface area contributed by atoms with Crippen LogP contribution in [0.1, 0.15) is 45.4 Å². The third kappa shape index (κ3) is 3.71. The number of carboxylic acid groups (broad SMARTS) is 1. The fourth-order valence-corrected chi connectivity index (χ4v) is 4.33. The van der Waals surface area contributed by atoms with Crippen LogP contribution >= 0.6 is 0 Å². The lowest BCUT2D eigenvalue weighted by atomic mass is 9.76. The van der Waals surface area contributed by atoms with Crippen molar-refractivity contribution >= 4 is 11.9 Å². The van der Waals surface area contributed by atoms with Crippen LogP contribution in [0, 0.1) is 5.41 Å². The highest BCUT2D eigenvalue weighted by molar-refractivity contribution is 5.74. The number of imidazole rings is 1. The highest BCUT2D eigenvalue weighted by Gasteiger charge is 2.48. The Balaban J connectivity index is 1.72. The van der Waals surface area contributed by atoms with Crippen molar-refractivity contribution in [2.24, 2.45) is 5.41 Å². The predicted octanol–water partition coefficient (Wildman–Crippen LogP) is 1.58. The lowest BCUT2D eigenvalue weighted by Gasteiger charge is -2.39. The van der Waals surface area contributed by atoms with E-state index in [4.69, 9.17) is 0 Å². The zero-order chi connectivity index (χ0) is 18.0. The van der Waals surface area contributed by atoms with E-state index in [1.165, 1.54) is 0 Å². The van der Waals surface area contributed by atoms with Crippen molar-refractivity contribution < 1.29 is 14.7 Å². The highest BCUT2D eigenvalue weighted by Crippen LogP contribution is 2.43. The van der Waals surface area contributed by atoms with Crippen molar-refractivity contribution in [1.82, 2.24) is 19.4 Å². The van der Waals surface area contributed by atoms with Gasteiger partial charge in [-0.25, -0.2) is 4.98 Å². The molecule has 1 atom stereocenters. The van der Waals surface area contributed by atoms with Crippen LogP contribution in [0.15, 0.2) is 12.4 Å². The summed E-state index contributed by atoms with van der Waals surface area (Å²) < 4.78 is 2.11. The minimum atomic E-state index is -0.750. The summed E-state index contributed by atoms with van der Waals surface area (Å²) in [7, 11) is 0. The first-order chi connectivity index (χ1) is 11.9. The SMILES string of the molecule is CCCn1ccnc1CN1CC2(CCN(C(C)=O)CC2)CC1C(=O)O. The Morgan fingerprint density at radius 1 is 1.36 bits per heavy atom. The molecule has 138 valence electrons. The summed E-state index contributed by atoms with van der Waals surface area (Å²) in [6, 6.07) is -0.462. The van der Waals surface area contributed by atoms with Crippen LogP contribution in [0.3, 0.4) is 0 Å². The number of piperidine rings is 1. The smallest absolute Gasteiger partial charge is 0.320 e. The van der Waals surface area contributed by atoms with Crippen LogP contribution < -0.4 is 0 Å². The normalized spacial score (nSPS) is 23.3. The summed E-state index contributed by atoms with van der Waals surface area (Å²) in [6.45, 7) is 7.44. The summed E-state index contributed by atoms with van der Waals surface area (Å²) in [4.78, 5) is 31.8. The molecular weight excluding hydrogens is 320 g/mol. The predicted molar refractivity (Wildman–Crippen MR) is 92.9 cm³/mol. The summed E-state index contributed by atoms with van der Waals surface area (Å²) >= 11 is 0. The maximum absolute atomic E-state index is 11.8. The third-order valence-electron chi connectivity index (χ3n) is 5.77. The second kappa shape index (κ2) is 7.15. The van der Waals surface area contributed by atoms with Gasteiger partial charge in [0.2, 0.25) is 5.91 Å². The maximum Gasteiger partial charge on any atom is 0.320 e. The first-order valence-corrected chi connectivity index (χ1v) is 9.16. The Morgan fingerprint density at radius 3 is 2.68 bits per heavy atom. The van der Waals surface area contributed by atoms with Gasteiger partial charge in [-0.15, -0.1) is 0 Å². The summed E-state index contributed by atoms with van der Waals surface area (Å²) in [5, 5.41) is 9.71. The topological polar surface area (TPSA) is 78.7 Å². The first-order valence-electron chi connectivity index (χ1n) is 9.16. The Labute approximate surface area is 148 Å². The molecule has 1 unspecified atom stereocenters. The van der Waals surface area contributed by atoms with E-state index in [1.807, 2.05) is 11.1 Å². The number of carbonyl (C=O) groups excluding carboxylic acids is 1. The van der Waals surface area contributed by atoms with Crippen LogP contribution in [-0.2, 0) is 22.7 Å². The van der Waals surface area contributed by atoms with Gasteiger partial charge in [-0.05, 0) is 31.1 Å². The van der Waals surface area contributed by atoms with Crippen LogP contribution in [-0.4, -0.2) is 62.0 Å². The van der Waals surface area contributed by atoms with E-state index in [0.717, 1.165) is 51.3 Å².